The van der Waals surface area contributed by atoms with E-state index in [1.54, 1.807) is 0 Å². The van der Waals surface area contributed by atoms with Crippen LogP contribution >= 0.6 is 0 Å². The molecule has 1 heterocycles. The molecule has 0 spiro atoms. The van der Waals surface area contributed by atoms with Crippen molar-refractivity contribution in [2.75, 3.05) is 6.61 Å². The zero-order chi connectivity index (χ0) is 8.48. The SMILES string of the molecule is CC(C)O[C@@H]1COC(F)(F)C1. The molecule has 1 saturated heterocycles. The summed E-state index contributed by atoms with van der Waals surface area (Å²) < 4.78 is 34.0. The molecule has 0 bridgehead atoms. The Bertz CT molecular complexity index is 136. The average Bonchev–Trinajstić information content (AvgIpc) is 2.08. The lowest BCUT2D eigenvalue weighted by Gasteiger charge is -2.12. The van der Waals surface area contributed by atoms with E-state index in [1.165, 1.54) is 0 Å². The van der Waals surface area contributed by atoms with Crippen molar-refractivity contribution in [1.82, 2.24) is 0 Å². The summed E-state index contributed by atoms with van der Waals surface area (Å²) in [6.07, 6.45) is -3.74. The van der Waals surface area contributed by atoms with Gasteiger partial charge in [0, 0.05) is 0 Å². The van der Waals surface area contributed by atoms with Gasteiger partial charge in [-0.15, -0.1) is 0 Å². The summed E-state index contributed by atoms with van der Waals surface area (Å²) >= 11 is 0. The van der Waals surface area contributed by atoms with E-state index in [-0.39, 0.29) is 19.1 Å². The normalized spacial score (nSPS) is 29.7. The summed E-state index contributed by atoms with van der Waals surface area (Å²) in [5, 5.41) is 0. The Morgan fingerprint density at radius 2 is 2.18 bits per heavy atom. The molecule has 66 valence electrons. The van der Waals surface area contributed by atoms with Crippen molar-refractivity contribution in [2.24, 2.45) is 0 Å². The van der Waals surface area contributed by atoms with Crippen LogP contribution in [0.15, 0.2) is 0 Å². The summed E-state index contributed by atoms with van der Waals surface area (Å²) in [5.41, 5.74) is 0. The van der Waals surface area contributed by atoms with Crippen LogP contribution in [0.1, 0.15) is 20.3 Å². The smallest absolute Gasteiger partial charge is 0.358 e. The van der Waals surface area contributed by atoms with Gasteiger partial charge in [-0.25, -0.2) is 0 Å². The molecule has 0 N–H and O–H groups in total. The van der Waals surface area contributed by atoms with E-state index < -0.39 is 12.2 Å². The van der Waals surface area contributed by atoms with Crippen LogP contribution in [0.25, 0.3) is 0 Å². The van der Waals surface area contributed by atoms with Crippen molar-refractivity contribution in [3.8, 4) is 0 Å². The minimum atomic E-state index is -2.97. The predicted molar refractivity (Wildman–Crippen MR) is 35.5 cm³/mol. The van der Waals surface area contributed by atoms with Crippen LogP contribution in [0.2, 0.25) is 0 Å². The lowest BCUT2D eigenvalue weighted by molar-refractivity contribution is -0.205. The van der Waals surface area contributed by atoms with E-state index >= 15 is 0 Å². The Hall–Kier alpha value is -0.220. The van der Waals surface area contributed by atoms with Crippen molar-refractivity contribution >= 4 is 0 Å². The minimum Gasteiger partial charge on any atom is -0.373 e. The maximum Gasteiger partial charge on any atom is 0.358 e. The fraction of sp³-hybridized carbons (Fsp3) is 1.00. The second kappa shape index (κ2) is 3.03. The molecule has 1 aliphatic heterocycles. The van der Waals surface area contributed by atoms with E-state index in [0.29, 0.717) is 0 Å². The number of hydrogen-bond donors (Lipinski definition) is 0. The maximum atomic E-state index is 12.3. The zero-order valence-corrected chi connectivity index (χ0v) is 6.64. The Balaban J connectivity index is 2.31. The highest BCUT2D eigenvalue weighted by Crippen LogP contribution is 2.30. The second-order valence-electron chi connectivity index (χ2n) is 2.96. The lowest BCUT2D eigenvalue weighted by Crippen LogP contribution is -2.19. The molecule has 4 heteroatoms. The van der Waals surface area contributed by atoms with Gasteiger partial charge in [0.25, 0.3) is 0 Å². The summed E-state index contributed by atoms with van der Waals surface area (Å²) in [4.78, 5) is 0. The largest absolute Gasteiger partial charge is 0.373 e. The van der Waals surface area contributed by atoms with Crippen LogP contribution in [-0.2, 0) is 9.47 Å². The molecule has 1 fully saturated rings. The third kappa shape index (κ3) is 2.71. The Morgan fingerprint density at radius 1 is 1.55 bits per heavy atom. The number of rotatable bonds is 2. The summed E-state index contributed by atoms with van der Waals surface area (Å²) in [6, 6.07) is 0. The Kier molecular flexibility index (Phi) is 2.44. The van der Waals surface area contributed by atoms with Gasteiger partial charge >= 0.3 is 6.11 Å². The topological polar surface area (TPSA) is 18.5 Å². The first kappa shape index (κ1) is 8.87. The molecule has 0 saturated carbocycles. The van der Waals surface area contributed by atoms with Crippen LogP contribution in [0, 0.1) is 0 Å². The monoisotopic (exact) mass is 166 g/mol. The van der Waals surface area contributed by atoms with Crippen LogP contribution in [0.3, 0.4) is 0 Å². The van der Waals surface area contributed by atoms with Gasteiger partial charge < -0.3 is 9.47 Å². The van der Waals surface area contributed by atoms with E-state index in [9.17, 15) is 8.78 Å². The Morgan fingerprint density at radius 3 is 2.55 bits per heavy atom. The summed E-state index contributed by atoms with van der Waals surface area (Å²) in [5.74, 6) is 0. The van der Waals surface area contributed by atoms with Gasteiger partial charge in [0.15, 0.2) is 0 Å². The molecular weight excluding hydrogens is 154 g/mol. The van der Waals surface area contributed by atoms with Gasteiger partial charge in [-0.3, -0.25) is 0 Å². The van der Waals surface area contributed by atoms with Gasteiger partial charge in [-0.2, -0.15) is 8.78 Å². The molecule has 0 aliphatic carbocycles. The third-order valence-corrected chi connectivity index (χ3v) is 1.41. The van der Waals surface area contributed by atoms with Crippen LogP contribution < -0.4 is 0 Å². The second-order valence-corrected chi connectivity index (χ2v) is 2.96. The first-order valence-corrected chi connectivity index (χ1v) is 3.67. The third-order valence-electron chi connectivity index (χ3n) is 1.41. The van der Waals surface area contributed by atoms with Crippen LogP contribution in [0.5, 0.6) is 0 Å². The van der Waals surface area contributed by atoms with Gasteiger partial charge in [0.2, 0.25) is 0 Å². The van der Waals surface area contributed by atoms with Gasteiger partial charge in [-0.1, -0.05) is 0 Å². The highest BCUT2D eigenvalue weighted by atomic mass is 19.3. The number of hydrogen-bond acceptors (Lipinski definition) is 2. The van der Waals surface area contributed by atoms with Crippen molar-refractivity contribution < 1.29 is 18.3 Å². The molecule has 1 atom stereocenters. The fourth-order valence-electron chi connectivity index (χ4n) is 1.07. The van der Waals surface area contributed by atoms with Crippen LogP contribution in [-0.4, -0.2) is 24.9 Å². The standard InChI is InChI=1S/C7H12F2O2/c1-5(2)11-6-3-7(8,9)10-4-6/h5-6H,3-4H2,1-2H3/t6-/m0/s1. The highest BCUT2D eigenvalue weighted by Gasteiger charge is 2.41. The summed E-state index contributed by atoms with van der Waals surface area (Å²) in [6.45, 7) is 3.64. The van der Waals surface area contributed by atoms with E-state index in [2.05, 4.69) is 4.74 Å². The first-order chi connectivity index (χ1) is 4.99. The predicted octanol–water partition coefficient (Wildman–Crippen LogP) is 1.79. The molecule has 0 radical (unpaired) electrons. The summed E-state index contributed by atoms with van der Waals surface area (Å²) in [7, 11) is 0. The molecule has 0 aromatic heterocycles. The number of alkyl halides is 2. The molecule has 11 heavy (non-hydrogen) atoms. The minimum absolute atomic E-state index is 0.00514. The van der Waals surface area contributed by atoms with Crippen molar-refractivity contribution in [1.29, 1.82) is 0 Å². The molecular formula is C7H12F2O2. The first-order valence-electron chi connectivity index (χ1n) is 3.67. The number of halogens is 2. The van der Waals surface area contributed by atoms with Gasteiger partial charge in [-0.05, 0) is 13.8 Å². The average molecular weight is 166 g/mol. The molecule has 1 rings (SSSR count). The molecule has 0 unspecified atom stereocenters. The molecule has 0 aromatic rings. The van der Waals surface area contributed by atoms with Gasteiger partial charge in [0.1, 0.15) is 0 Å². The molecule has 1 aliphatic rings. The zero-order valence-electron chi connectivity index (χ0n) is 6.64. The highest BCUT2D eigenvalue weighted by molar-refractivity contribution is 4.72. The van der Waals surface area contributed by atoms with Crippen molar-refractivity contribution in [2.45, 2.75) is 38.6 Å². The lowest BCUT2D eigenvalue weighted by atomic mass is 10.3. The Labute approximate surface area is 64.5 Å². The number of ether oxygens (including phenoxy) is 2. The van der Waals surface area contributed by atoms with Crippen molar-refractivity contribution in [3.05, 3.63) is 0 Å². The molecule has 0 amide bonds. The molecule has 0 aromatic carbocycles. The van der Waals surface area contributed by atoms with E-state index in [1.807, 2.05) is 13.8 Å². The maximum absolute atomic E-state index is 12.3. The fourth-order valence-corrected chi connectivity index (χ4v) is 1.07. The van der Waals surface area contributed by atoms with E-state index in [4.69, 9.17) is 4.74 Å². The van der Waals surface area contributed by atoms with Gasteiger partial charge in [0.05, 0.1) is 25.2 Å². The van der Waals surface area contributed by atoms with Crippen LogP contribution in [0.4, 0.5) is 8.78 Å². The quantitative estimate of drug-likeness (QED) is 0.622. The van der Waals surface area contributed by atoms with Crippen molar-refractivity contribution in [3.63, 3.8) is 0 Å². The van der Waals surface area contributed by atoms with E-state index in [0.717, 1.165) is 0 Å². The molecule has 2 nitrogen and oxygen atoms in total.